The number of esters is 1. The van der Waals surface area contributed by atoms with Crippen LogP contribution in [0.4, 0.5) is 0 Å². The van der Waals surface area contributed by atoms with Gasteiger partial charge in [0.15, 0.2) is 0 Å². The molecule has 0 amide bonds. The molecular weight excluding hydrogens is 404 g/mol. The zero-order chi connectivity index (χ0) is 22.9. The second-order valence-electron chi connectivity index (χ2n) is 7.65. The van der Waals surface area contributed by atoms with Crippen molar-refractivity contribution in [3.05, 3.63) is 155 Å². The summed E-state index contributed by atoms with van der Waals surface area (Å²) in [5.74, 6) is 5.74. The van der Waals surface area contributed by atoms with Crippen molar-refractivity contribution in [3.8, 4) is 11.8 Å². The quantitative estimate of drug-likeness (QED) is 0.196. The topological polar surface area (TPSA) is 26.3 Å². The zero-order valence-electron chi connectivity index (χ0n) is 18.3. The molecule has 0 aliphatic rings. The van der Waals surface area contributed by atoms with Gasteiger partial charge >= 0.3 is 5.97 Å². The van der Waals surface area contributed by atoms with Gasteiger partial charge in [-0.1, -0.05) is 109 Å². The normalized spacial score (nSPS) is 10.2. The first-order valence-corrected chi connectivity index (χ1v) is 10.8. The third-order valence-electron chi connectivity index (χ3n) is 5.32. The van der Waals surface area contributed by atoms with Crippen LogP contribution in [0.1, 0.15) is 38.5 Å². The van der Waals surface area contributed by atoms with E-state index in [1.165, 1.54) is 0 Å². The SMILES string of the molecule is C=C(COC(=O)c1ccccc1C#Cc1ccccc1)C(c1ccccc1)c1ccccc1. The molecule has 0 heterocycles. The van der Waals surface area contributed by atoms with E-state index in [2.05, 4.69) is 42.7 Å². The van der Waals surface area contributed by atoms with E-state index in [1.807, 2.05) is 84.9 Å². The Bertz CT molecular complexity index is 1240. The monoisotopic (exact) mass is 428 g/mol. The fraction of sp³-hybridized carbons (Fsp3) is 0.0645. The van der Waals surface area contributed by atoms with Gasteiger partial charge in [-0.15, -0.1) is 0 Å². The minimum atomic E-state index is -0.408. The van der Waals surface area contributed by atoms with E-state index < -0.39 is 5.97 Å². The van der Waals surface area contributed by atoms with E-state index >= 15 is 0 Å². The highest BCUT2D eigenvalue weighted by molar-refractivity contribution is 5.92. The molecule has 0 atom stereocenters. The van der Waals surface area contributed by atoms with Gasteiger partial charge in [-0.2, -0.15) is 0 Å². The number of ether oxygens (including phenoxy) is 1. The highest BCUT2D eigenvalue weighted by Gasteiger charge is 2.19. The number of rotatable bonds is 6. The van der Waals surface area contributed by atoms with Gasteiger partial charge < -0.3 is 4.74 Å². The second-order valence-corrected chi connectivity index (χ2v) is 7.65. The lowest BCUT2D eigenvalue weighted by atomic mass is 9.86. The van der Waals surface area contributed by atoms with Crippen LogP contribution in [0.3, 0.4) is 0 Å². The molecule has 4 rings (SSSR count). The van der Waals surface area contributed by atoms with Crippen LogP contribution in [0.5, 0.6) is 0 Å². The summed E-state index contributed by atoms with van der Waals surface area (Å²) in [7, 11) is 0. The summed E-state index contributed by atoms with van der Waals surface area (Å²) in [5.41, 5.74) is 5.01. The predicted molar refractivity (Wildman–Crippen MR) is 133 cm³/mol. The lowest BCUT2D eigenvalue weighted by Crippen LogP contribution is -2.14. The van der Waals surface area contributed by atoms with Crippen molar-refractivity contribution < 1.29 is 9.53 Å². The number of hydrogen-bond donors (Lipinski definition) is 0. The summed E-state index contributed by atoms with van der Waals surface area (Å²) in [4.78, 5) is 12.9. The third-order valence-corrected chi connectivity index (χ3v) is 5.32. The molecule has 4 aromatic carbocycles. The minimum Gasteiger partial charge on any atom is -0.458 e. The first kappa shape index (κ1) is 21.9. The molecule has 2 heteroatoms. The Morgan fingerprint density at radius 2 is 1.21 bits per heavy atom. The fourth-order valence-corrected chi connectivity index (χ4v) is 3.71. The molecule has 0 aliphatic carbocycles. The van der Waals surface area contributed by atoms with Gasteiger partial charge in [0.25, 0.3) is 0 Å². The number of hydrogen-bond acceptors (Lipinski definition) is 2. The molecule has 0 aromatic heterocycles. The molecule has 4 aromatic rings. The second kappa shape index (κ2) is 10.8. The summed E-state index contributed by atoms with van der Waals surface area (Å²) < 4.78 is 5.70. The predicted octanol–water partition coefficient (Wildman–Crippen LogP) is 6.63. The van der Waals surface area contributed by atoms with Gasteiger partial charge in [0.1, 0.15) is 6.61 Å². The molecule has 0 unspecified atom stereocenters. The maximum atomic E-state index is 12.9. The van der Waals surface area contributed by atoms with Crippen molar-refractivity contribution in [1.82, 2.24) is 0 Å². The van der Waals surface area contributed by atoms with Crippen LogP contribution in [0.15, 0.2) is 127 Å². The Morgan fingerprint density at radius 1 is 0.697 bits per heavy atom. The van der Waals surface area contributed by atoms with E-state index in [0.717, 1.165) is 22.3 Å². The Balaban J connectivity index is 1.52. The molecule has 0 spiro atoms. The summed E-state index contributed by atoms with van der Waals surface area (Å²) in [6.07, 6.45) is 0. The van der Waals surface area contributed by atoms with Gasteiger partial charge in [0, 0.05) is 17.0 Å². The Labute approximate surface area is 195 Å². The molecule has 160 valence electrons. The standard InChI is InChI=1S/C31H24O2/c1-24(30(27-16-7-3-8-17-27)28-18-9-4-10-19-28)23-33-31(32)29-20-12-11-15-26(29)22-21-25-13-5-2-6-14-25/h2-20,30H,1,23H2. The van der Waals surface area contributed by atoms with Gasteiger partial charge in [-0.05, 0) is 41.0 Å². The van der Waals surface area contributed by atoms with E-state index in [1.54, 1.807) is 6.07 Å². The average molecular weight is 429 g/mol. The van der Waals surface area contributed by atoms with Crippen molar-refractivity contribution in [2.24, 2.45) is 0 Å². The molecular formula is C31H24O2. The molecule has 0 radical (unpaired) electrons. The van der Waals surface area contributed by atoms with Crippen molar-refractivity contribution in [2.45, 2.75) is 5.92 Å². The number of benzene rings is 4. The molecule has 0 fully saturated rings. The lowest BCUT2D eigenvalue weighted by molar-refractivity contribution is 0.0536. The van der Waals surface area contributed by atoms with Crippen LogP contribution in [0.25, 0.3) is 0 Å². The minimum absolute atomic E-state index is 0.0617. The van der Waals surface area contributed by atoms with Crippen LogP contribution in [0.2, 0.25) is 0 Å². The number of carbonyl (C=O) groups is 1. The summed E-state index contributed by atoms with van der Waals surface area (Å²) in [5, 5.41) is 0. The van der Waals surface area contributed by atoms with E-state index in [4.69, 9.17) is 4.74 Å². The van der Waals surface area contributed by atoms with Crippen molar-refractivity contribution in [3.63, 3.8) is 0 Å². The highest BCUT2D eigenvalue weighted by atomic mass is 16.5. The molecule has 0 N–H and O–H groups in total. The molecule has 0 saturated carbocycles. The van der Waals surface area contributed by atoms with E-state index in [9.17, 15) is 4.79 Å². The average Bonchev–Trinajstić information content (AvgIpc) is 2.88. The van der Waals surface area contributed by atoms with Crippen LogP contribution < -0.4 is 0 Å². The Morgan fingerprint density at radius 3 is 1.82 bits per heavy atom. The Kier molecular flexibility index (Phi) is 7.15. The zero-order valence-corrected chi connectivity index (χ0v) is 18.3. The van der Waals surface area contributed by atoms with Crippen LogP contribution in [-0.2, 0) is 4.74 Å². The summed E-state index contributed by atoms with van der Waals surface area (Å²) in [6, 6.07) is 37.2. The highest BCUT2D eigenvalue weighted by Crippen LogP contribution is 2.31. The van der Waals surface area contributed by atoms with Crippen molar-refractivity contribution >= 4 is 5.97 Å². The fourth-order valence-electron chi connectivity index (χ4n) is 3.71. The van der Waals surface area contributed by atoms with Gasteiger partial charge in [-0.25, -0.2) is 4.79 Å². The van der Waals surface area contributed by atoms with Gasteiger partial charge in [0.2, 0.25) is 0 Å². The Hall–Kier alpha value is -4.35. The van der Waals surface area contributed by atoms with Crippen LogP contribution in [0, 0.1) is 11.8 Å². The molecule has 2 nitrogen and oxygen atoms in total. The van der Waals surface area contributed by atoms with Gasteiger partial charge in [-0.3, -0.25) is 0 Å². The molecule has 0 aliphatic heterocycles. The third kappa shape index (κ3) is 5.67. The maximum absolute atomic E-state index is 12.9. The number of carbonyl (C=O) groups excluding carboxylic acids is 1. The van der Waals surface area contributed by atoms with Crippen molar-refractivity contribution in [2.75, 3.05) is 6.61 Å². The van der Waals surface area contributed by atoms with E-state index in [-0.39, 0.29) is 12.5 Å². The summed E-state index contributed by atoms with van der Waals surface area (Å²) in [6.45, 7) is 4.39. The molecule has 0 bridgehead atoms. The molecule has 33 heavy (non-hydrogen) atoms. The first-order valence-electron chi connectivity index (χ1n) is 10.8. The van der Waals surface area contributed by atoms with Crippen LogP contribution in [-0.4, -0.2) is 12.6 Å². The van der Waals surface area contributed by atoms with Crippen molar-refractivity contribution in [1.29, 1.82) is 0 Å². The van der Waals surface area contributed by atoms with Gasteiger partial charge in [0.05, 0.1) is 5.56 Å². The maximum Gasteiger partial charge on any atom is 0.339 e. The lowest BCUT2D eigenvalue weighted by Gasteiger charge is -2.21. The largest absolute Gasteiger partial charge is 0.458 e. The van der Waals surface area contributed by atoms with E-state index in [0.29, 0.717) is 11.1 Å². The van der Waals surface area contributed by atoms with Crippen LogP contribution >= 0.6 is 0 Å². The first-order chi connectivity index (χ1) is 16.2. The smallest absolute Gasteiger partial charge is 0.339 e. The summed E-state index contributed by atoms with van der Waals surface area (Å²) >= 11 is 0. The molecule has 0 saturated heterocycles.